The lowest BCUT2D eigenvalue weighted by Gasteiger charge is -2.07. The molecular weight excluding hydrogens is 244 g/mol. The van der Waals surface area contributed by atoms with E-state index < -0.39 is 11.8 Å². The van der Waals surface area contributed by atoms with Crippen molar-refractivity contribution in [3.8, 4) is 5.75 Å². The van der Waals surface area contributed by atoms with Crippen molar-refractivity contribution in [2.24, 2.45) is 0 Å². The van der Waals surface area contributed by atoms with Crippen LogP contribution in [0.2, 0.25) is 5.02 Å². The van der Waals surface area contributed by atoms with Crippen LogP contribution in [0.5, 0.6) is 5.75 Å². The van der Waals surface area contributed by atoms with Gasteiger partial charge in [0, 0.05) is 17.0 Å². The second kappa shape index (κ2) is 6.25. The molecule has 0 aliphatic carbocycles. The van der Waals surface area contributed by atoms with E-state index >= 15 is 0 Å². The van der Waals surface area contributed by atoms with Crippen molar-refractivity contribution in [3.05, 3.63) is 28.8 Å². The Kier molecular flexibility index (Phi) is 4.97. The molecule has 0 aliphatic rings. The summed E-state index contributed by atoms with van der Waals surface area (Å²) in [4.78, 5) is 22.7. The minimum atomic E-state index is -0.838. The van der Waals surface area contributed by atoms with Gasteiger partial charge in [-0.3, -0.25) is 4.79 Å². The molecule has 1 aromatic carbocycles. The number of ether oxygens (including phenoxy) is 2. The van der Waals surface area contributed by atoms with Crippen LogP contribution >= 0.6 is 11.6 Å². The molecule has 0 amide bonds. The molecule has 0 saturated heterocycles. The van der Waals surface area contributed by atoms with Gasteiger partial charge in [0.2, 0.25) is 5.78 Å². The maximum atomic E-state index is 11.5. The average molecular weight is 257 g/mol. The lowest BCUT2D eigenvalue weighted by atomic mass is 10.1. The topological polar surface area (TPSA) is 52.6 Å². The highest BCUT2D eigenvalue weighted by Crippen LogP contribution is 2.23. The fourth-order valence-electron chi connectivity index (χ4n) is 1.34. The number of benzene rings is 1. The van der Waals surface area contributed by atoms with Crippen molar-refractivity contribution in [2.45, 2.75) is 13.3 Å². The van der Waals surface area contributed by atoms with Crippen LogP contribution in [0.25, 0.3) is 0 Å². The monoisotopic (exact) mass is 256 g/mol. The van der Waals surface area contributed by atoms with Crippen LogP contribution in [0, 0.1) is 0 Å². The first-order valence-electron chi connectivity index (χ1n) is 5.10. The summed E-state index contributed by atoms with van der Waals surface area (Å²) >= 11 is 5.81. The minimum absolute atomic E-state index is 0.0808. The normalized spacial score (nSPS) is 9.82. The number of carbonyl (C=O) groups excluding carboxylic acids is 2. The van der Waals surface area contributed by atoms with Gasteiger partial charge in [-0.05, 0) is 25.1 Å². The molecule has 0 N–H and O–H groups in total. The first-order chi connectivity index (χ1) is 8.08. The zero-order valence-corrected chi connectivity index (χ0v) is 10.4. The number of Topliss-reactive ketones (excluding diaryl/α,β-unsaturated/α-hetero) is 1. The maximum absolute atomic E-state index is 11.5. The number of halogens is 1. The molecule has 0 atom stereocenters. The van der Waals surface area contributed by atoms with E-state index in [1.54, 1.807) is 25.1 Å². The fourth-order valence-corrected chi connectivity index (χ4v) is 1.54. The van der Waals surface area contributed by atoms with Crippen LogP contribution in [0.3, 0.4) is 0 Å². The van der Waals surface area contributed by atoms with E-state index in [-0.39, 0.29) is 13.0 Å². The molecule has 0 saturated carbocycles. The van der Waals surface area contributed by atoms with Crippen molar-refractivity contribution in [2.75, 3.05) is 13.7 Å². The smallest absolute Gasteiger partial charge is 0.374 e. The first kappa shape index (κ1) is 13.5. The van der Waals surface area contributed by atoms with Crippen LogP contribution in [-0.2, 0) is 20.7 Å². The summed E-state index contributed by atoms with van der Waals surface area (Å²) in [6.45, 7) is 1.82. The third-order valence-electron chi connectivity index (χ3n) is 2.10. The average Bonchev–Trinajstić information content (AvgIpc) is 2.29. The molecule has 92 valence electrons. The quantitative estimate of drug-likeness (QED) is 0.597. The molecule has 0 aliphatic heterocycles. The van der Waals surface area contributed by atoms with Crippen molar-refractivity contribution in [3.63, 3.8) is 0 Å². The molecule has 0 bridgehead atoms. The molecule has 1 aromatic rings. The summed E-state index contributed by atoms with van der Waals surface area (Å²) in [6.07, 6.45) is -0.0808. The molecular formula is C12H13ClO4. The Balaban J connectivity index is 2.83. The van der Waals surface area contributed by atoms with Gasteiger partial charge >= 0.3 is 5.97 Å². The predicted octanol–water partition coefficient (Wildman–Crippen LogP) is 2.02. The Morgan fingerprint density at radius 1 is 1.35 bits per heavy atom. The van der Waals surface area contributed by atoms with Gasteiger partial charge in [0.1, 0.15) is 5.75 Å². The second-order valence-electron chi connectivity index (χ2n) is 3.28. The first-order valence-corrected chi connectivity index (χ1v) is 5.48. The van der Waals surface area contributed by atoms with E-state index in [0.29, 0.717) is 16.3 Å². The van der Waals surface area contributed by atoms with E-state index in [0.717, 1.165) is 0 Å². The molecule has 0 heterocycles. The van der Waals surface area contributed by atoms with E-state index in [1.165, 1.54) is 7.11 Å². The Labute approximate surface area is 104 Å². The highest BCUT2D eigenvalue weighted by molar-refractivity contribution is 6.34. The predicted molar refractivity (Wildman–Crippen MR) is 63.3 cm³/mol. The summed E-state index contributed by atoms with van der Waals surface area (Å²) < 4.78 is 9.70. The number of hydrogen-bond donors (Lipinski definition) is 0. The lowest BCUT2D eigenvalue weighted by Crippen LogP contribution is -2.19. The fraction of sp³-hybridized carbons (Fsp3) is 0.333. The van der Waals surface area contributed by atoms with Crippen molar-refractivity contribution in [1.29, 1.82) is 0 Å². The van der Waals surface area contributed by atoms with Crippen molar-refractivity contribution in [1.82, 2.24) is 0 Å². The summed E-state index contributed by atoms with van der Waals surface area (Å²) in [7, 11) is 1.49. The van der Waals surface area contributed by atoms with Crippen LogP contribution in [0.15, 0.2) is 18.2 Å². The number of methoxy groups -OCH3 is 1. The lowest BCUT2D eigenvalue weighted by molar-refractivity contribution is -0.153. The van der Waals surface area contributed by atoms with Crippen molar-refractivity contribution < 1.29 is 19.1 Å². The van der Waals surface area contributed by atoms with Crippen molar-refractivity contribution >= 4 is 23.4 Å². The third kappa shape index (κ3) is 3.75. The van der Waals surface area contributed by atoms with E-state index in [9.17, 15) is 9.59 Å². The highest BCUT2D eigenvalue weighted by atomic mass is 35.5. The largest absolute Gasteiger partial charge is 0.496 e. The number of rotatable bonds is 5. The SMILES string of the molecule is CCOC(=O)C(=O)Cc1cc(Cl)ccc1OC. The van der Waals surface area contributed by atoms with Gasteiger partial charge in [-0.25, -0.2) is 4.79 Å². The van der Waals surface area contributed by atoms with Gasteiger partial charge in [0.15, 0.2) is 0 Å². The Hall–Kier alpha value is -1.55. The summed E-state index contributed by atoms with van der Waals surface area (Å²) in [6, 6.07) is 4.90. The second-order valence-corrected chi connectivity index (χ2v) is 3.71. The van der Waals surface area contributed by atoms with E-state index in [4.69, 9.17) is 16.3 Å². The van der Waals surface area contributed by atoms with E-state index in [1.807, 2.05) is 0 Å². The van der Waals surface area contributed by atoms with Gasteiger partial charge < -0.3 is 9.47 Å². The Morgan fingerprint density at radius 2 is 2.06 bits per heavy atom. The summed E-state index contributed by atoms with van der Waals surface area (Å²) in [5, 5.41) is 0.484. The third-order valence-corrected chi connectivity index (χ3v) is 2.33. The van der Waals surface area contributed by atoms with Crippen LogP contribution in [0.4, 0.5) is 0 Å². The van der Waals surface area contributed by atoms with Crippen LogP contribution in [-0.4, -0.2) is 25.5 Å². The Morgan fingerprint density at radius 3 is 2.65 bits per heavy atom. The van der Waals surface area contributed by atoms with Gasteiger partial charge in [-0.2, -0.15) is 0 Å². The molecule has 17 heavy (non-hydrogen) atoms. The minimum Gasteiger partial charge on any atom is -0.496 e. The molecule has 5 heteroatoms. The van der Waals surface area contributed by atoms with Crippen LogP contribution < -0.4 is 4.74 Å². The molecule has 1 rings (SSSR count). The molecule has 0 radical (unpaired) electrons. The van der Waals surface area contributed by atoms with E-state index in [2.05, 4.69) is 4.74 Å². The number of ketones is 1. The maximum Gasteiger partial charge on any atom is 0.374 e. The summed E-state index contributed by atoms with van der Waals surface area (Å²) in [5.41, 5.74) is 0.568. The molecule has 0 aromatic heterocycles. The number of esters is 1. The molecule has 0 unspecified atom stereocenters. The van der Waals surface area contributed by atoms with Gasteiger partial charge in [0.25, 0.3) is 0 Å². The molecule has 4 nitrogen and oxygen atoms in total. The van der Waals surface area contributed by atoms with Gasteiger partial charge in [-0.1, -0.05) is 11.6 Å². The highest BCUT2D eigenvalue weighted by Gasteiger charge is 2.17. The Bertz CT molecular complexity index is 429. The van der Waals surface area contributed by atoms with Crippen LogP contribution in [0.1, 0.15) is 12.5 Å². The summed E-state index contributed by atoms with van der Waals surface area (Å²) in [5.74, 6) is -0.936. The van der Waals surface area contributed by atoms with Gasteiger partial charge in [-0.15, -0.1) is 0 Å². The zero-order valence-electron chi connectivity index (χ0n) is 9.66. The molecule has 0 fully saturated rings. The van der Waals surface area contributed by atoms with Gasteiger partial charge in [0.05, 0.1) is 13.7 Å². The molecule has 0 spiro atoms. The standard InChI is InChI=1S/C12H13ClO4/c1-3-17-12(15)10(14)7-8-6-9(13)4-5-11(8)16-2/h4-6H,3,7H2,1-2H3. The number of carbonyl (C=O) groups is 2. The number of hydrogen-bond acceptors (Lipinski definition) is 4. The zero-order chi connectivity index (χ0) is 12.8.